The Labute approximate surface area is 88.9 Å². The van der Waals surface area contributed by atoms with Gasteiger partial charge in [-0.3, -0.25) is 4.79 Å². The Balaban J connectivity index is 4.35. The van der Waals surface area contributed by atoms with Gasteiger partial charge in [-0.1, -0.05) is 0 Å². The summed E-state index contributed by atoms with van der Waals surface area (Å²) in [6.45, 7) is 0.420. The molecule has 7 nitrogen and oxygen atoms in total. The fourth-order valence-corrected chi connectivity index (χ4v) is 1.99. The lowest BCUT2D eigenvalue weighted by atomic mass is 10.4. The highest BCUT2D eigenvalue weighted by molar-refractivity contribution is 7.89. The summed E-state index contributed by atoms with van der Waals surface area (Å²) in [5, 5.41) is 8.47. The van der Waals surface area contributed by atoms with Crippen molar-refractivity contribution in [1.29, 1.82) is 0 Å². The number of likely N-dealkylation sites (N-methyl/N-ethyl adjacent to an activating group) is 1. The Morgan fingerprint density at radius 2 is 2.13 bits per heavy atom. The summed E-state index contributed by atoms with van der Waals surface area (Å²) < 4.78 is 28.7. The number of carbonyl (C=O) groups is 1. The second-order valence-electron chi connectivity index (χ2n) is 3.04. The van der Waals surface area contributed by atoms with Gasteiger partial charge in [0.1, 0.15) is 6.04 Å². The normalized spacial score (nSPS) is 14.1. The topological polar surface area (TPSA) is 110 Å². The molecule has 15 heavy (non-hydrogen) atoms. The van der Waals surface area contributed by atoms with Gasteiger partial charge in [0.25, 0.3) is 0 Å². The van der Waals surface area contributed by atoms with E-state index in [0.717, 1.165) is 4.31 Å². The highest BCUT2D eigenvalue weighted by Gasteiger charge is 2.24. The standard InChI is InChI=1S/C7H16N2O5S/c1-9(3-4-14-2)15(12,13)5-6(8)7(10)11/h6H,3-5,8H2,1-2H3,(H,10,11)/t6-/m0/s1. The molecule has 0 bridgehead atoms. The van der Waals surface area contributed by atoms with Crippen molar-refractivity contribution in [1.82, 2.24) is 4.31 Å². The van der Waals surface area contributed by atoms with E-state index in [1.165, 1.54) is 14.2 Å². The predicted molar refractivity (Wildman–Crippen MR) is 53.9 cm³/mol. The molecular weight excluding hydrogens is 224 g/mol. The van der Waals surface area contributed by atoms with Crippen LogP contribution in [0.3, 0.4) is 0 Å². The van der Waals surface area contributed by atoms with Gasteiger partial charge < -0.3 is 15.6 Å². The lowest BCUT2D eigenvalue weighted by molar-refractivity contribution is -0.137. The number of hydrogen-bond acceptors (Lipinski definition) is 5. The number of methoxy groups -OCH3 is 1. The average molecular weight is 240 g/mol. The summed E-state index contributed by atoms with van der Waals surface area (Å²) in [7, 11) is -0.831. The lowest BCUT2D eigenvalue weighted by Crippen LogP contribution is -2.42. The van der Waals surface area contributed by atoms with Crippen molar-refractivity contribution in [2.75, 3.05) is 33.1 Å². The van der Waals surface area contributed by atoms with E-state index >= 15 is 0 Å². The molecular formula is C7H16N2O5S. The maximum Gasteiger partial charge on any atom is 0.321 e. The molecule has 0 spiro atoms. The highest BCUT2D eigenvalue weighted by atomic mass is 32.2. The predicted octanol–water partition coefficient (Wildman–Crippen LogP) is -1.69. The smallest absolute Gasteiger partial charge is 0.321 e. The van der Waals surface area contributed by atoms with Crippen molar-refractivity contribution >= 4 is 16.0 Å². The van der Waals surface area contributed by atoms with E-state index in [1.807, 2.05) is 0 Å². The van der Waals surface area contributed by atoms with Gasteiger partial charge in [-0.25, -0.2) is 12.7 Å². The minimum absolute atomic E-state index is 0.172. The molecule has 0 aromatic rings. The number of carboxylic acid groups (broad SMARTS) is 1. The van der Waals surface area contributed by atoms with Crippen LogP contribution in [0.5, 0.6) is 0 Å². The summed E-state index contributed by atoms with van der Waals surface area (Å²) in [6, 6.07) is -1.40. The summed E-state index contributed by atoms with van der Waals surface area (Å²) in [5.74, 6) is -1.94. The van der Waals surface area contributed by atoms with Gasteiger partial charge in [-0.05, 0) is 0 Å². The van der Waals surface area contributed by atoms with Crippen molar-refractivity contribution < 1.29 is 23.1 Å². The van der Waals surface area contributed by atoms with Crippen molar-refractivity contribution in [2.45, 2.75) is 6.04 Å². The van der Waals surface area contributed by atoms with E-state index in [0.29, 0.717) is 0 Å². The average Bonchev–Trinajstić information content (AvgIpc) is 2.13. The van der Waals surface area contributed by atoms with E-state index in [1.54, 1.807) is 0 Å². The number of aliphatic carboxylic acids is 1. The Morgan fingerprint density at radius 3 is 2.53 bits per heavy atom. The minimum atomic E-state index is -3.63. The Hall–Kier alpha value is -0.700. The summed E-state index contributed by atoms with van der Waals surface area (Å²) in [5.41, 5.74) is 5.13. The SMILES string of the molecule is COCCN(C)S(=O)(=O)C[C@H](N)C(=O)O. The van der Waals surface area contributed by atoms with E-state index in [9.17, 15) is 13.2 Å². The molecule has 3 N–H and O–H groups in total. The van der Waals surface area contributed by atoms with E-state index in [2.05, 4.69) is 0 Å². The maximum absolute atomic E-state index is 11.5. The van der Waals surface area contributed by atoms with Gasteiger partial charge in [0.2, 0.25) is 10.0 Å². The highest BCUT2D eigenvalue weighted by Crippen LogP contribution is 1.99. The molecule has 0 fully saturated rings. The van der Waals surface area contributed by atoms with Gasteiger partial charge >= 0.3 is 5.97 Å². The first-order chi connectivity index (χ1) is 6.81. The Bertz CT molecular complexity index is 303. The van der Waals surface area contributed by atoms with Gasteiger partial charge in [-0.15, -0.1) is 0 Å². The molecule has 0 saturated carbocycles. The van der Waals surface area contributed by atoms with Crippen LogP contribution in [0.2, 0.25) is 0 Å². The molecule has 0 aliphatic heterocycles. The molecule has 0 heterocycles. The molecule has 0 unspecified atom stereocenters. The molecule has 1 atom stereocenters. The molecule has 0 amide bonds. The fraction of sp³-hybridized carbons (Fsp3) is 0.857. The van der Waals surface area contributed by atoms with E-state index < -0.39 is 27.8 Å². The number of hydrogen-bond donors (Lipinski definition) is 2. The third-order valence-corrected chi connectivity index (χ3v) is 3.71. The molecule has 90 valence electrons. The molecule has 0 radical (unpaired) electrons. The largest absolute Gasteiger partial charge is 0.480 e. The minimum Gasteiger partial charge on any atom is -0.480 e. The number of nitrogens with zero attached hydrogens (tertiary/aromatic N) is 1. The zero-order chi connectivity index (χ0) is 12.1. The number of sulfonamides is 1. The van der Waals surface area contributed by atoms with Crippen LogP contribution in [0.15, 0.2) is 0 Å². The number of nitrogens with two attached hydrogens (primary N) is 1. The zero-order valence-corrected chi connectivity index (χ0v) is 9.53. The van der Waals surface area contributed by atoms with Crippen LogP contribution in [0.4, 0.5) is 0 Å². The van der Waals surface area contributed by atoms with E-state index in [4.69, 9.17) is 15.6 Å². The molecule has 0 saturated heterocycles. The van der Waals surface area contributed by atoms with Crippen LogP contribution in [-0.4, -0.2) is 62.9 Å². The van der Waals surface area contributed by atoms with Crippen LogP contribution < -0.4 is 5.73 Å². The van der Waals surface area contributed by atoms with Crippen LogP contribution in [0.1, 0.15) is 0 Å². The molecule has 0 aromatic heterocycles. The second kappa shape index (κ2) is 6.01. The molecule has 0 aromatic carbocycles. The summed E-state index contributed by atoms with van der Waals surface area (Å²) in [4.78, 5) is 10.4. The Kier molecular flexibility index (Phi) is 5.73. The van der Waals surface area contributed by atoms with Crippen molar-refractivity contribution in [3.8, 4) is 0 Å². The van der Waals surface area contributed by atoms with Crippen LogP contribution in [0, 0.1) is 0 Å². The first-order valence-electron chi connectivity index (χ1n) is 4.22. The summed E-state index contributed by atoms with van der Waals surface area (Å²) >= 11 is 0. The first kappa shape index (κ1) is 14.3. The maximum atomic E-state index is 11.5. The van der Waals surface area contributed by atoms with E-state index in [-0.39, 0.29) is 13.2 Å². The Morgan fingerprint density at radius 1 is 1.60 bits per heavy atom. The van der Waals surface area contributed by atoms with Crippen LogP contribution >= 0.6 is 0 Å². The van der Waals surface area contributed by atoms with Crippen LogP contribution in [0.25, 0.3) is 0 Å². The molecule has 0 aliphatic carbocycles. The lowest BCUT2D eigenvalue weighted by Gasteiger charge is -2.17. The van der Waals surface area contributed by atoms with Gasteiger partial charge in [0.15, 0.2) is 0 Å². The monoisotopic (exact) mass is 240 g/mol. The van der Waals surface area contributed by atoms with Gasteiger partial charge in [0, 0.05) is 20.7 Å². The van der Waals surface area contributed by atoms with Gasteiger partial charge in [-0.2, -0.15) is 0 Å². The molecule has 0 aliphatic rings. The van der Waals surface area contributed by atoms with Gasteiger partial charge in [0.05, 0.1) is 12.4 Å². The molecule has 0 rings (SSSR count). The fourth-order valence-electron chi connectivity index (χ4n) is 0.784. The van der Waals surface area contributed by atoms with Crippen molar-refractivity contribution in [3.05, 3.63) is 0 Å². The third kappa shape index (κ3) is 5.07. The molecule has 8 heteroatoms. The number of ether oxygens (including phenoxy) is 1. The number of carboxylic acids is 1. The zero-order valence-electron chi connectivity index (χ0n) is 8.71. The second-order valence-corrected chi connectivity index (χ2v) is 5.16. The van der Waals surface area contributed by atoms with Crippen molar-refractivity contribution in [2.24, 2.45) is 5.73 Å². The quantitative estimate of drug-likeness (QED) is 0.549. The summed E-state index contributed by atoms with van der Waals surface area (Å²) in [6.07, 6.45) is 0. The van der Waals surface area contributed by atoms with Crippen molar-refractivity contribution in [3.63, 3.8) is 0 Å². The number of rotatable bonds is 7. The van der Waals surface area contributed by atoms with Crippen LogP contribution in [-0.2, 0) is 19.6 Å². The third-order valence-electron chi connectivity index (χ3n) is 1.79. The first-order valence-corrected chi connectivity index (χ1v) is 5.83.